The minimum Gasteiger partial charge on any atom is -0.466 e. The molecule has 0 saturated heterocycles. The van der Waals surface area contributed by atoms with Gasteiger partial charge in [-0.15, -0.1) is 0 Å². The molecular formula is C16H21F3N4O3. The lowest BCUT2D eigenvalue weighted by Gasteiger charge is -2.35. The Balaban J connectivity index is 1.46. The van der Waals surface area contributed by atoms with Crippen molar-refractivity contribution in [1.82, 2.24) is 20.4 Å². The summed E-state index contributed by atoms with van der Waals surface area (Å²) < 4.78 is 43.5. The molecule has 0 spiro atoms. The second-order valence-electron chi connectivity index (χ2n) is 6.59. The van der Waals surface area contributed by atoms with Crippen LogP contribution in [0.1, 0.15) is 36.7 Å². The molecule has 144 valence electrons. The first-order chi connectivity index (χ1) is 12.3. The van der Waals surface area contributed by atoms with E-state index in [4.69, 9.17) is 4.74 Å². The lowest BCUT2D eigenvalue weighted by molar-refractivity contribution is -0.151. The molecule has 1 aliphatic heterocycles. The lowest BCUT2D eigenvalue weighted by Crippen LogP contribution is -2.49. The highest BCUT2D eigenvalue weighted by molar-refractivity contribution is 5.78. The maximum absolute atomic E-state index is 12.9. The molecule has 3 rings (SSSR count). The summed E-state index contributed by atoms with van der Waals surface area (Å²) in [5, 5.41) is 8.84. The maximum atomic E-state index is 12.9. The van der Waals surface area contributed by atoms with E-state index in [0.29, 0.717) is 25.1 Å². The number of esters is 1. The topological polar surface area (TPSA) is 87.3 Å². The fraction of sp³-hybridized carbons (Fsp3) is 0.688. The molecule has 1 fully saturated rings. The first-order valence-corrected chi connectivity index (χ1v) is 8.60. The number of aromatic amines is 1. The van der Waals surface area contributed by atoms with Gasteiger partial charge in [0.05, 0.1) is 31.3 Å². The molecule has 26 heavy (non-hydrogen) atoms. The van der Waals surface area contributed by atoms with Crippen molar-refractivity contribution in [3.63, 3.8) is 0 Å². The summed E-state index contributed by atoms with van der Waals surface area (Å²) in [6.07, 6.45) is -3.10. The van der Waals surface area contributed by atoms with Crippen LogP contribution in [0.25, 0.3) is 0 Å². The summed E-state index contributed by atoms with van der Waals surface area (Å²) in [5.74, 6) is -0.510. The Bertz CT molecular complexity index is 683. The number of hydrogen-bond donors (Lipinski definition) is 2. The van der Waals surface area contributed by atoms with Gasteiger partial charge in [0, 0.05) is 18.2 Å². The zero-order chi connectivity index (χ0) is 18.9. The van der Waals surface area contributed by atoms with Crippen molar-refractivity contribution in [3.8, 4) is 0 Å². The van der Waals surface area contributed by atoms with E-state index in [0.717, 1.165) is 0 Å². The minimum atomic E-state index is -4.49. The number of carbonyl (C=O) groups is 2. The van der Waals surface area contributed by atoms with Gasteiger partial charge in [-0.3, -0.25) is 14.7 Å². The summed E-state index contributed by atoms with van der Waals surface area (Å²) in [5.41, 5.74) is -0.411. The second-order valence-corrected chi connectivity index (χ2v) is 6.59. The molecule has 0 aromatic carbocycles. The Morgan fingerprint density at radius 3 is 2.77 bits per heavy atom. The Kier molecular flexibility index (Phi) is 5.22. The van der Waals surface area contributed by atoms with E-state index in [1.807, 2.05) is 0 Å². The standard InChI is InChI=1S/C16H21F3N4O3/c1-2-26-15(25)9-5-10(6-9)20-7-13(24)23-4-3-11-12(8-23)21-22-14(11)16(17,18)19/h9-10,20H,2-8H2,1H3,(H,21,22)/t9-,10+. The van der Waals surface area contributed by atoms with E-state index in [-0.39, 0.29) is 55.5 Å². The van der Waals surface area contributed by atoms with Gasteiger partial charge in [0.1, 0.15) is 0 Å². The van der Waals surface area contributed by atoms with Gasteiger partial charge in [0.25, 0.3) is 0 Å². The van der Waals surface area contributed by atoms with Gasteiger partial charge in [-0.1, -0.05) is 0 Å². The lowest BCUT2D eigenvalue weighted by atomic mass is 9.80. The average Bonchev–Trinajstić information content (AvgIpc) is 2.96. The van der Waals surface area contributed by atoms with Crippen molar-refractivity contribution < 1.29 is 27.5 Å². The number of nitrogens with one attached hydrogen (secondary N) is 2. The summed E-state index contributed by atoms with van der Waals surface area (Å²) >= 11 is 0. The molecule has 0 radical (unpaired) electrons. The van der Waals surface area contributed by atoms with E-state index < -0.39 is 11.9 Å². The second kappa shape index (κ2) is 7.26. The molecule has 10 heteroatoms. The Morgan fingerprint density at radius 2 is 2.12 bits per heavy atom. The van der Waals surface area contributed by atoms with Crippen LogP contribution in [-0.4, -0.2) is 52.7 Å². The molecule has 1 aromatic heterocycles. The van der Waals surface area contributed by atoms with Gasteiger partial charge in [-0.2, -0.15) is 18.3 Å². The van der Waals surface area contributed by atoms with Crippen LogP contribution >= 0.6 is 0 Å². The number of nitrogens with zero attached hydrogens (tertiary/aromatic N) is 2. The minimum absolute atomic E-state index is 0.0812. The third kappa shape index (κ3) is 3.84. The Hall–Kier alpha value is -2.10. The number of amides is 1. The molecular weight excluding hydrogens is 353 g/mol. The van der Waals surface area contributed by atoms with Crippen molar-refractivity contribution in [2.75, 3.05) is 19.7 Å². The van der Waals surface area contributed by atoms with Crippen molar-refractivity contribution in [3.05, 3.63) is 17.0 Å². The fourth-order valence-corrected chi connectivity index (χ4v) is 3.35. The maximum Gasteiger partial charge on any atom is 0.435 e. The van der Waals surface area contributed by atoms with Crippen LogP contribution in [0.4, 0.5) is 13.2 Å². The van der Waals surface area contributed by atoms with Crippen molar-refractivity contribution >= 4 is 11.9 Å². The van der Waals surface area contributed by atoms with Gasteiger partial charge < -0.3 is 15.0 Å². The molecule has 2 N–H and O–H groups in total. The number of alkyl halides is 3. The van der Waals surface area contributed by atoms with Crippen LogP contribution in [0.15, 0.2) is 0 Å². The van der Waals surface area contributed by atoms with E-state index in [9.17, 15) is 22.8 Å². The van der Waals surface area contributed by atoms with E-state index >= 15 is 0 Å². The number of aromatic nitrogens is 2. The molecule has 1 amide bonds. The zero-order valence-electron chi connectivity index (χ0n) is 14.4. The molecule has 1 aliphatic carbocycles. The van der Waals surface area contributed by atoms with Crippen molar-refractivity contribution in [2.24, 2.45) is 5.92 Å². The third-order valence-electron chi connectivity index (χ3n) is 4.85. The molecule has 0 bridgehead atoms. The van der Waals surface area contributed by atoms with Crippen LogP contribution in [0, 0.1) is 5.92 Å². The van der Waals surface area contributed by atoms with E-state index in [1.54, 1.807) is 6.92 Å². The van der Waals surface area contributed by atoms with Gasteiger partial charge in [0.2, 0.25) is 5.91 Å². The highest BCUT2D eigenvalue weighted by Gasteiger charge is 2.40. The van der Waals surface area contributed by atoms with Crippen molar-refractivity contribution in [2.45, 2.75) is 44.9 Å². The molecule has 0 atom stereocenters. The Morgan fingerprint density at radius 1 is 1.38 bits per heavy atom. The highest BCUT2D eigenvalue weighted by atomic mass is 19.4. The number of H-pyrrole nitrogens is 1. The van der Waals surface area contributed by atoms with Gasteiger partial charge >= 0.3 is 12.1 Å². The van der Waals surface area contributed by atoms with Crippen LogP contribution in [0.2, 0.25) is 0 Å². The number of halogens is 3. The summed E-state index contributed by atoms with van der Waals surface area (Å²) in [7, 11) is 0. The van der Waals surface area contributed by atoms with Crippen LogP contribution in [-0.2, 0) is 33.5 Å². The third-order valence-corrected chi connectivity index (χ3v) is 4.85. The number of carbonyl (C=O) groups excluding carboxylic acids is 2. The van der Waals surface area contributed by atoms with Gasteiger partial charge in [-0.25, -0.2) is 0 Å². The average molecular weight is 374 g/mol. The van der Waals surface area contributed by atoms with Crippen LogP contribution < -0.4 is 5.32 Å². The van der Waals surface area contributed by atoms with Gasteiger partial charge in [0.15, 0.2) is 5.69 Å². The molecule has 7 nitrogen and oxygen atoms in total. The van der Waals surface area contributed by atoms with Gasteiger partial charge in [-0.05, 0) is 26.2 Å². The molecule has 1 aromatic rings. The number of ether oxygens (including phenoxy) is 1. The predicted octanol–water partition coefficient (Wildman–Crippen LogP) is 1.24. The number of rotatable bonds is 5. The van der Waals surface area contributed by atoms with Crippen LogP contribution in [0.5, 0.6) is 0 Å². The van der Waals surface area contributed by atoms with Crippen molar-refractivity contribution in [1.29, 1.82) is 0 Å². The molecule has 0 unspecified atom stereocenters. The van der Waals surface area contributed by atoms with Crippen LogP contribution in [0.3, 0.4) is 0 Å². The normalized spacial score (nSPS) is 22.5. The highest BCUT2D eigenvalue weighted by Crippen LogP contribution is 2.33. The first kappa shape index (κ1) is 18.7. The number of hydrogen-bond acceptors (Lipinski definition) is 5. The first-order valence-electron chi connectivity index (χ1n) is 8.60. The van der Waals surface area contributed by atoms with E-state index in [2.05, 4.69) is 15.5 Å². The SMILES string of the molecule is CCOC(=O)[C@H]1C[C@@H](NCC(=O)N2CCc3c(C(F)(F)F)n[nH]c3C2)C1. The zero-order valence-corrected chi connectivity index (χ0v) is 14.4. The largest absolute Gasteiger partial charge is 0.466 e. The molecule has 1 saturated carbocycles. The predicted molar refractivity (Wildman–Crippen MR) is 83.9 cm³/mol. The molecule has 2 heterocycles. The van der Waals surface area contributed by atoms with E-state index in [1.165, 1.54) is 4.90 Å². The summed E-state index contributed by atoms with van der Waals surface area (Å²) in [6, 6.07) is 0.0812. The quantitative estimate of drug-likeness (QED) is 0.758. The molecule has 2 aliphatic rings. The fourth-order valence-electron chi connectivity index (χ4n) is 3.35. The summed E-state index contributed by atoms with van der Waals surface area (Å²) in [4.78, 5) is 25.3. The summed E-state index contributed by atoms with van der Waals surface area (Å²) in [6.45, 7) is 2.52. The smallest absolute Gasteiger partial charge is 0.435 e. The monoisotopic (exact) mass is 374 g/mol. The number of fused-ring (bicyclic) bond motifs is 1. The Labute approximate surface area is 148 Å².